The van der Waals surface area contributed by atoms with Crippen molar-refractivity contribution in [3.8, 4) is 17.2 Å². The Kier molecular flexibility index (Phi) is 4.56. The van der Waals surface area contributed by atoms with E-state index in [1.807, 2.05) is 0 Å². The summed E-state index contributed by atoms with van der Waals surface area (Å²) >= 11 is 0. The lowest BCUT2D eigenvalue weighted by Crippen LogP contribution is -2.13. The molecule has 0 amide bonds. The molecule has 0 aliphatic rings. The van der Waals surface area contributed by atoms with Crippen molar-refractivity contribution in [3.63, 3.8) is 0 Å². The summed E-state index contributed by atoms with van der Waals surface area (Å²) in [4.78, 5) is 11.5. The fourth-order valence-corrected chi connectivity index (χ4v) is 1.80. The van der Waals surface area contributed by atoms with Crippen molar-refractivity contribution in [1.29, 1.82) is 0 Å². The van der Waals surface area contributed by atoms with Gasteiger partial charge in [-0.25, -0.2) is 0 Å². The van der Waals surface area contributed by atoms with Gasteiger partial charge in [0.2, 0.25) is 0 Å². The summed E-state index contributed by atoms with van der Waals surface area (Å²) in [5.74, 6) is -0.902. The van der Waals surface area contributed by atoms with Gasteiger partial charge in [0.1, 0.15) is 22.8 Å². The van der Waals surface area contributed by atoms with Crippen molar-refractivity contribution in [1.82, 2.24) is 0 Å². The molecule has 104 valence electrons. The van der Waals surface area contributed by atoms with Crippen LogP contribution in [0, 0.1) is 0 Å². The third kappa shape index (κ3) is 3.06. The summed E-state index contributed by atoms with van der Waals surface area (Å²) in [6, 6.07) is 1.07. The summed E-state index contributed by atoms with van der Waals surface area (Å²) in [6.45, 7) is 6.56. The number of benzene rings is 1. The zero-order chi connectivity index (χ0) is 14.7. The van der Waals surface area contributed by atoms with Gasteiger partial charge in [-0.3, -0.25) is 4.79 Å². The van der Waals surface area contributed by atoms with Crippen LogP contribution in [0.15, 0.2) is 18.2 Å². The van der Waals surface area contributed by atoms with Gasteiger partial charge in [0.25, 0.3) is 0 Å². The van der Waals surface area contributed by atoms with E-state index >= 15 is 0 Å². The van der Waals surface area contributed by atoms with E-state index < -0.39 is 6.10 Å². The number of Topliss-reactive ketones (excluding diaryl/α,β-unsaturated/α-hetero) is 1. The predicted octanol–water partition coefficient (Wildman–Crippen LogP) is 1.79. The largest absolute Gasteiger partial charge is 0.507 e. The number of phenols is 2. The molecule has 0 heterocycles. The van der Waals surface area contributed by atoms with Gasteiger partial charge in [-0.05, 0) is 13.8 Å². The smallest absolute Gasteiger partial charge is 0.167 e. The van der Waals surface area contributed by atoms with Crippen LogP contribution in [0.25, 0.3) is 0 Å². The Labute approximate surface area is 111 Å². The summed E-state index contributed by atoms with van der Waals surface area (Å²) in [6.07, 6.45) is -0.825. The van der Waals surface area contributed by atoms with Crippen LogP contribution in [0.4, 0.5) is 0 Å². The van der Waals surface area contributed by atoms with Gasteiger partial charge in [-0.15, -0.1) is 0 Å². The summed E-state index contributed by atoms with van der Waals surface area (Å²) in [5, 5.41) is 29.4. The Hall–Kier alpha value is -2.01. The molecule has 5 nitrogen and oxygen atoms in total. The van der Waals surface area contributed by atoms with Crippen LogP contribution in [-0.2, 0) is 6.42 Å². The van der Waals surface area contributed by atoms with Crippen LogP contribution >= 0.6 is 0 Å². The lowest BCUT2D eigenvalue weighted by atomic mass is 9.97. The molecule has 0 bridgehead atoms. The molecule has 0 aliphatic carbocycles. The monoisotopic (exact) mass is 266 g/mol. The molecule has 1 rings (SSSR count). The third-order valence-corrected chi connectivity index (χ3v) is 2.86. The molecule has 0 spiro atoms. The van der Waals surface area contributed by atoms with Crippen LogP contribution in [-0.4, -0.2) is 34.3 Å². The van der Waals surface area contributed by atoms with E-state index in [0.717, 1.165) is 6.07 Å². The second-order valence-corrected chi connectivity index (χ2v) is 4.42. The van der Waals surface area contributed by atoms with E-state index in [0.29, 0.717) is 5.57 Å². The van der Waals surface area contributed by atoms with E-state index in [4.69, 9.17) is 4.74 Å². The first kappa shape index (κ1) is 15.0. The molecule has 5 heteroatoms. The minimum Gasteiger partial charge on any atom is -0.507 e. The van der Waals surface area contributed by atoms with Gasteiger partial charge in [-0.1, -0.05) is 12.2 Å². The molecule has 19 heavy (non-hydrogen) atoms. The first-order valence-corrected chi connectivity index (χ1v) is 5.75. The SMILES string of the molecule is C=C(C)[C@H](O)Cc1c(O)cc(O)c(C(C)=O)c1OC. The number of rotatable bonds is 5. The van der Waals surface area contributed by atoms with Crippen LogP contribution < -0.4 is 4.74 Å². The van der Waals surface area contributed by atoms with Gasteiger partial charge >= 0.3 is 0 Å². The Bertz CT molecular complexity index is 519. The minimum atomic E-state index is -0.871. The number of phenolic OH excluding ortho intramolecular Hbond substituents is 2. The number of carbonyl (C=O) groups is 1. The minimum absolute atomic E-state index is 0.00999. The van der Waals surface area contributed by atoms with Gasteiger partial charge in [-0.2, -0.15) is 0 Å². The van der Waals surface area contributed by atoms with E-state index in [2.05, 4.69) is 6.58 Å². The molecular formula is C14H18O5. The summed E-state index contributed by atoms with van der Waals surface area (Å²) in [5.41, 5.74) is 0.782. The predicted molar refractivity (Wildman–Crippen MR) is 70.9 cm³/mol. The molecule has 0 unspecified atom stereocenters. The topological polar surface area (TPSA) is 87.0 Å². The number of methoxy groups -OCH3 is 1. The highest BCUT2D eigenvalue weighted by Crippen LogP contribution is 2.39. The number of aliphatic hydroxyl groups is 1. The molecular weight excluding hydrogens is 248 g/mol. The molecule has 3 N–H and O–H groups in total. The number of aromatic hydroxyl groups is 2. The van der Waals surface area contributed by atoms with Crippen molar-refractivity contribution in [2.24, 2.45) is 0 Å². The lowest BCUT2D eigenvalue weighted by molar-refractivity contribution is 0.101. The molecule has 1 aromatic carbocycles. The van der Waals surface area contributed by atoms with Crippen LogP contribution in [0.1, 0.15) is 29.8 Å². The molecule has 0 aromatic heterocycles. The van der Waals surface area contributed by atoms with Crippen molar-refractivity contribution in [3.05, 3.63) is 29.3 Å². The van der Waals surface area contributed by atoms with Crippen LogP contribution in [0.3, 0.4) is 0 Å². The maximum atomic E-state index is 11.5. The zero-order valence-electron chi connectivity index (χ0n) is 11.2. The quantitative estimate of drug-likeness (QED) is 0.558. The van der Waals surface area contributed by atoms with Gasteiger partial charge < -0.3 is 20.1 Å². The Morgan fingerprint density at radius 2 is 1.95 bits per heavy atom. The van der Waals surface area contributed by atoms with E-state index in [1.54, 1.807) is 6.92 Å². The normalized spacial score (nSPS) is 12.0. The standard InChI is InChI=1S/C14H18O5/c1-7(2)10(16)5-9-11(17)6-12(18)13(8(3)15)14(9)19-4/h6,10,16-18H,1,5H2,2-4H3/t10-/m1/s1. The van der Waals surface area contributed by atoms with Crippen LogP contribution in [0.2, 0.25) is 0 Å². The number of hydrogen-bond donors (Lipinski definition) is 3. The number of aliphatic hydroxyl groups excluding tert-OH is 1. The fourth-order valence-electron chi connectivity index (χ4n) is 1.80. The molecule has 1 atom stereocenters. The molecule has 0 saturated carbocycles. The third-order valence-electron chi connectivity index (χ3n) is 2.86. The highest BCUT2D eigenvalue weighted by Gasteiger charge is 2.23. The second-order valence-electron chi connectivity index (χ2n) is 4.42. The van der Waals surface area contributed by atoms with Crippen LogP contribution in [0.5, 0.6) is 17.2 Å². The average molecular weight is 266 g/mol. The van der Waals surface area contributed by atoms with Gasteiger partial charge in [0, 0.05) is 18.1 Å². The molecule has 1 aromatic rings. The molecule has 0 fully saturated rings. The van der Waals surface area contributed by atoms with Gasteiger partial charge in [0.05, 0.1) is 13.2 Å². The highest BCUT2D eigenvalue weighted by atomic mass is 16.5. The fraction of sp³-hybridized carbons (Fsp3) is 0.357. The lowest BCUT2D eigenvalue weighted by Gasteiger charge is -2.17. The van der Waals surface area contributed by atoms with E-state index in [1.165, 1.54) is 14.0 Å². The van der Waals surface area contributed by atoms with E-state index in [-0.39, 0.29) is 40.6 Å². The second kappa shape index (κ2) is 5.75. The maximum Gasteiger partial charge on any atom is 0.167 e. The van der Waals surface area contributed by atoms with E-state index in [9.17, 15) is 20.1 Å². The Morgan fingerprint density at radius 3 is 2.37 bits per heavy atom. The zero-order valence-corrected chi connectivity index (χ0v) is 11.2. The van der Waals surface area contributed by atoms with Crippen molar-refractivity contribution < 1.29 is 24.9 Å². The molecule has 0 saturated heterocycles. The first-order valence-electron chi connectivity index (χ1n) is 5.75. The van der Waals surface area contributed by atoms with Crippen molar-refractivity contribution in [2.45, 2.75) is 26.4 Å². The van der Waals surface area contributed by atoms with Gasteiger partial charge in [0.15, 0.2) is 5.78 Å². The first-order chi connectivity index (χ1) is 8.79. The number of ketones is 1. The number of hydrogen-bond acceptors (Lipinski definition) is 5. The average Bonchev–Trinajstić information content (AvgIpc) is 2.30. The highest BCUT2D eigenvalue weighted by molar-refractivity contribution is 6.00. The number of ether oxygens (including phenoxy) is 1. The Balaban J connectivity index is 3.41. The molecule has 0 aliphatic heterocycles. The number of carbonyl (C=O) groups excluding carboxylic acids is 1. The van der Waals surface area contributed by atoms with Crippen molar-refractivity contribution >= 4 is 5.78 Å². The maximum absolute atomic E-state index is 11.5. The Morgan fingerprint density at radius 1 is 1.37 bits per heavy atom. The summed E-state index contributed by atoms with van der Waals surface area (Å²) in [7, 11) is 1.33. The summed E-state index contributed by atoms with van der Waals surface area (Å²) < 4.78 is 5.10. The van der Waals surface area contributed by atoms with Crippen molar-refractivity contribution in [2.75, 3.05) is 7.11 Å². The molecule has 0 radical (unpaired) electrons.